The monoisotopic (exact) mass is 1020 g/mol. The lowest BCUT2D eigenvalue weighted by Gasteiger charge is -2.55. The van der Waals surface area contributed by atoms with Crippen molar-refractivity contribution in [3.8, 4) is 46.3 Å². The maximum atomic E-state index is 14.5. The number of hydrogen-bond acceptors (Lipinski definition) is 17. The fraction of sp³-hybridized carbons (Fsp3) is 0.566. The molecule has 20 nitrogen and oxygen atoms in total. The Kier molecular flexibility index (Phi) is 16.1. The number of unbranched alkanes of at least 4 members (excludes halogenated alkanes) is 1. The molecule has 12 N–H and O–H groups in total. The number of aliphatic hydroxyl groups is 5. The first kappa shape index (κ1) is 53.1. The topological polar surface area (TPSA) is 314 Å². The number of cyclic esters (lactones) is 1. The van der Waals surface area contributed by atoms with E-state index in [0.717, 1.165) is 17.5 Å². The van der Waals surface area contributed by atoms with Crippen LogP contribution in [0.1, 0.15) is 122 Å². The molecule has 0 aliphatic carbocycles. The molecule has 3 aromatic carbocycles. The smallest absolute Gasteiger partial charge is 0.344 e. The molecule has 8 rings (SSSR count). The number of carbonyl (C=O) groups is 2. The van der Waals surface area contributed by atoms with Crippen molar-refractivity contribution in [1.82, 2.24) is 5.32 Å². The number of ether oxygens (including phenoxy) is 6. The summed E-state index contributed by atoms with van der Waals surface area (Å²) in [5, 5.41) is 99.9. The number of aliphatic hydroxyl groups excluding tert-OH is 4. The van der Waals surface area contributed by atoms with E-state index in [0.29, 0.717) is 38.6 Å². The van der Waals surface area contributed by atoms with E-state index >= 15 is 0 Å². The highest BCUT2D eigenvalue weighted by Crippen LogP contribution is 2.58. The molecule has 5 aliphatic heterocycles. The quantitative estimate of drug-likeness (QED) is 0.0339. The van der Waals surface area contributed by atoms with Crippen LogP contribution in [0.25, 0.3) is 0 Å². The van der Waals surface area contributed by atoms with E-state index in [2.05, 4.69) is 41.3 Å². The minimum absolute atomic E-state index is 0.000351. The number of rotatable bonds is 15. The summed E-state index contributed by atoms with van der Waals surface area (Å²) >= 11 is 0. The van der Waals surface area contributed by atoms with E-state index in [9.17, 15) is 45.3 Å². The molecule has 0 saturated carbocycles. The molecular formula is C53H68N4O16. The normalized spacial score (nSPS) is 28.4. The lowest BCUT2D eigenvalue weighted by Crippen LogP contribution is -2.76. The summed E-state index contributed by atoms with van der Waals surface area (Å²) in [7, 11) is 0. The van der Waals surface area contributed by atoms with Gasteiger partial charge in [0.2, 0.25) is 24.1 Å². The number of nitrogens with two attached hydrogens (primary N) is 1. The van der Waals surface area contributed by atoms with Crippen LogP contribution in [0.5, 0.6) is 34.5 Å². The van der Waals surface area contributed by atoms with Crippen molar-refractivity contribution >= 4 is 23.6 Å². The number of hydrogen-bond donors (Lipinski definition) is 11. The number of nitrogens with zero attached hydrogens (tertiary/aromatic N) is 1. The summed E-state index contributed by atoms with van der Waals surface area (Å²) in [6.07, 6.45) is -6.45. The largest absolute Gasteiger partial charge is 0.504 e. The van der Waals surface area contributed by atoms with Gasteiger partial charge in [0.25, 0.3) is 0 Å². The number of benzene rings is 3. The van der Waals surface area contributed by atoms with Crippen molar-refractivity contribution in [2.75, 3.05) is 38.4 Å². The Labute approximate surface area is 423 Å². The first-order chi connectivity index (χ1) is 34.9. The average molecular weight is 1020 g/mol. The molecule has 0 radical (unpaired) electrons. The van der Waals surface area contributed by atoms with Crippen LogP contribution >= 0.6 is 0 Å². The highest BCUT2D eigenvalue weighted by Gasteiger charge is 2.67. The molecule has 1 fully saturated rings. The number of nitrogens with one attached hydrogen (secondary N) is 2. The molecule has 5 aliphatic rings. The molecule has 1 spiro atoms. The number of fused-ring (bicyclic) bond motifs is 3. The second-order valence-corrected chi connectivity index (χ2v) is 20.1. The maximum Gasteiger partial charge on any atom is 0.344 e. The number of aromatic hydroxyl groups is 2. The molecule has 10 unspecified atom stereocenters. The van der Waals surface area contributed by atoms with Gasteiger partial charge in [0.05, 0.1) is 24.5 Å². The predicted octanol–water partition coefficient (Wildman–Crippen LogP) is 3.80. The van der Waals surface area contributed by atoms with Gasteiger partial charge in [-0.15, -0.1) is 0 Å². The highest BCUT2D eigenvalue weighted by atomic mass is 16.7. The van der Waals surface area contributed by atoms with E-state index in [-0.39, 0.29) is 96.1 Å². The van der Waals surface area contributed by atoms with Crippen LogP contribution in [0.4, 0.5) is 5.69 Å². The number of carbonyl (C=O) groups excluding carboxylic acids is 1. The van der Waals surface area contributed by atoms with Gasteiger partial charge in [-0.2, -0.15) is 0 Å². The summed E-state index contributed by atoms with van der Waals surface area (Å²) in [6, 6.07) is 8.73. The van der Waals surface area contributed by atoms with E-state index in [1.165, 1.54) is 6.07 Å². The summed E-state index contributed by atoms with van der Waals surface area (Å²) in [5.41, 5.74) is 2.71. The second kappa shape index (κ2) is 22.1. The first-order valence-corrected chi connectivity index (χ1v) is 25.1. The number of carboxylic acids is 1. The Balaban J connectivity index is 1.23. The van der Waals surface area contributed by atoms with Crippen LogP contribution in [0.3, 0.4) is 0 Å². The van der Waals surface area contributed by atoms with Crippen molar-refractivity contribution < 1.29 is 78.9 Å². The Morgan fingerprint density at radius 1 is 1.08 bits per heavy atom. The molecule has 73 heavy (non-hydrogen) atoms. The number of phenolic OH excluding ortho intramolecular Hbond substituents is 2. The molecule has 3 aromatic rings. The van der Waals surface area contributed by atoms with Gasteiger partial charge in [-0.05, 0) is 87.2 Å². The van der Waals surface area contributed by atoms with Gasteiger partial charge >= 0.3 is 11.9 Å². The molecular weight excluding hydrogens is 949 g/mol. The van der Waals surface area contributed by atoms with Crippen LogP contribution in [0.2, 0.25) is 0 Å². The van der Waals surface area contributed by atoms with Gasteiger partial charge in [-0.3, -0.25) is 0 Å². The van der Waals surface area contributed by atoms with Crippen molar-refractivity contribution in [3.63, 3.8) is 0 Å². The third-order valence-corrected chi connectivity index (χ3v) is 14.7. The Morgan fingerprint density at radius 2 is 1.86 bits per heavy atom. The number of guanidine groups is 1. The fourth-order valence-electron chi connectivity index (χ4n) is 11.0. The average Bonchev–Trinajstić information content (AvgIpc) is 3.64. The number of aromatic carboxylic acids is 1. The van der Waals surface area contributed by atoms with Gasteiger partial charge in [0.15, 0.2) is 41.3 Å². The lowest BCUT2D eigenvalue weighted by molar-refractivity contribution is -0.382. The summed E-state index contributed by atoms with van der Waals surface area (Å²) < 4.78 is 37.1. The van der Waals surface area contributed by atoms with Gasteiger partial charge in [0, 0.05) is 55.1 Å². The van der Waals surface area contributed by atoms with Crippen LogP contribution in [0, 0.1) is 29.6 Å². The van der Waals surface area contributed by atoms with E-state index in [1.807, 2.05) is 38.1 Å². The Bertz CT molecular complexity index is 2630. The zero-order valence-electron chi connectivity index (χ0n) is 41.6. The molecule has 0 aromatic heterocycles. The van der Waals surface area contributed by atoms with E-state index in [1.54, 1.807) is 0 Å². The summed E-state index contributed by atoms with van der Waals surface area (Å²) in [5.74, 6) is -0.191. The number of esters is 1. The summed E-state index contributed by atoms with van der Waals surface area (Å²) in [4.78, 5) is 31.9. The number of aryl methyl sites for hydroxylation is 1. The SMILES string of the molecule is CCc1cccc(CCOc2c(O)c3c4c(c2O)C(=O)OC(O)C2(CC4CCCO3)OC3Oc4c(OCN=C(N)NCCCCO)cc(C(=O)O)c5c4CC(C#CCC(O)(C3O)C2O)C(CC(C)C)C(C)N5)c1. The number of phenols is 2. The van der Waals surface area contributed by atoms with Crippen molar-refractivity contribution in [2.45, 2.75) is 140 Å². The summed E-state index contributed by atoms with van der Waals surface area (Å²) in [6.45, 7) is 8.01. The number of carboxylic acid groups (broad SMARTS) is 1. The molecule has 396 valence electrons. The standard InChI is InChI=1S/C53H68N4O16/c1-5-29-11-8-12-30(22-29)15-20-69-44-40(59)38-37-32(14-10-19-68-43(37)41(44)60)25-53(50(66)72-47(38)64)49(65)52(67)16-9-13-31-23-34-39(57-28(4)33(31)21-27(2)3)35(46(62)63)24-36(42(34)71-48(73-53)45(52)61)70-26-56-51(54)55-17-6-7-18-58/h8,11-12,22,24,27-28,31-33,45,48-50,57-61,65-67H,5-7,10,14-21,23,25-26H2,1-4H3,(H,62,63)(H3,54,55,56). The Hall–Kier alpha value is -6.21. The molecule has 0 amide bonds. The first-order valence-electron chi connectivity index (χ1n) is 25.1. The minimum atomic E-state index is -2.68. The molecule has 1 saturated heterocycles. The highest BCUT2D eigenvalue weighted by molar-refractivity contribution is 5.98. The van der Waals surface area contributed by atoms with Gasteiger partial charge < -0.3 is 85.6 Å². The van der Waals surface area contributed by atoms with Crippen molar-refractivity contribution in [2.24, 2.45) is 28.5 Å². The van der Waals surface area contributed by atoms with Gasteiger partial charge in [-0.25, -0.2) is 14.6 Å². The van der Waals surface area contributed by atoms with Crippen molar-refractivity contribution in [1.29, 1.82) is 0 Å². The molecule has 4 bridgehead atoms. The lowest BCUT2D eigenvalue weighted by atomic mass is 9.69. The van der Waals surface area contributed by atoms with Gasteiger partial charge in [-0.1, -0.05) is 56.9 Å². The van der Waals surface area contributed by atoms with E-state index < -0.39 is 102 Å². The number of anilines is 1. The molecule has 10 atom stereocenters. The van der Waals surface area contributed by atoms with Crippen molar-refractivity contribution in [3.05, 3.63) is 63.7 Å². The van der Waals surface area contributed by atoms with Crippen LogP contribution in [-0.2, 0) is 28.7 Å². The zero-order valence-corrected chi connectivity index (χ0v) is 41.6. The van der Waals surface area contributed by atoms with Crippen LogP contribution < -0.4 is 35.3 Å². The Morgan fingerprint density at radius 3 is 2.60 bits per heavy atom. The zero-order chi connectivity index (χ0) is 52.4. The van der Waals surface area contributed by atoms with E-state index in [4.69, 9.17) is 39.3 Å². The van der Waals surface area contributed by atoms with Crippen LogP contribution in [0.15, 0.2) is 35.3 Å². The third kappa shape index (κ3) is 10.5. The number of aliphatic imine (C=N–C) groups is 1. The molecule has 20 heteroatoms. The fourth-order valence-corrected chi connectivity index (χ4v) is 11.0. The third-order valence-electron chi connectivity index (χ3n) is 14.7. The maximum absolute atomic E-state index is 14.5. The second-order valence-electron chi connectivity index (χ2n) is 20.1. The minimum Gasteiger partial charge on any atom is -0.504 e. The molecule has 5 heterocycles. The predicted molar refractivity (Wildman–Crippen MR) is 264 cm³/mol. The van der Waals surface area contributed by atoms with Gasteiger partial charge in [0.1, 0.15) is 23.4 Å². The van der Waals surface area contributed by atoms with Crippen LogP contribution in [-0.4, -0.2) is 134 Å².